The molecule has 1 aliphatic heterocycles. The summed E-state index contributed by atoms with van der Waals surface area (Å²) in [5, 5.41) is 9.74. The smallest absolute Gasteiger partial charge is 0.257 e. The van der Waals surface area contributed by atoms with Gasteiger partial charge >= 0.3 is 0 Å². The summed E-state index contributed by atoms with van der Waals surface area (Å²) in [7, 11) is 4.25. The van der Waals surface area contributed by atoms with Crippen molar-refractivity contribution in [2.45, 2.75) is 51.2 Å². The van der Waals surface area contributed by atoms with Crippen LogP contribution in [-0.4, -0.2) is 47.0 Å². The molecule has 28 heavy (non-hydrogen) atoms. The maximum absolute atomic E-state index is 12.3. The normalized spacial score (nSPS) is 21.4. The molecule has 4 rings (SSSR count). The molecule has 3 N–H and O–H groups in total. The zero-order chi connectivity index (χ0) is 19.7. The van der Waals surface area contributed by atoms with Crippen molar-refractivity contribution in [1.29, 1.82) is 0 Å². The molecule has 2 atom stereocenters. The van der Waals surface area contributed by atoms with Crippen molar-refractivity contribution in [3.63, 3.8) is 0 Å². The van der Waals surface area contributed by atoms with Crippen LogP contribution in [0.1, 0.15) is 47.3 Å². The first kappa shape index (κ1) is 18.7. The van der Waals surface area contributed by atoms with Crippen molar-refractivity contribution in [1.82, 2.24) is 20.2 Å². The first-order valence-corrected chi connectivity index (χ1v) is 9.97. The van der Waals surface area contributed by atoms with Crippen LogP contribution in [0.2, 0.25) is 0 Å². The van der Waals surface area contributed by atoms with Gasteiger partial charge in [-0.2, -0.15) is 4.98 Å². The Morgan fingerprint density at radius 1 is 1.18 bits per heavy atom. The molecule has 1 saturated carbocycles. The maximum atomic E-state index is 12.3. The lowest BCUT2D eigenvalue weighted by molar-refractivity contribution is 0.0966. The lowest BCUT2D eigenvalue weighted by atomic mass is 9.89. The number of anilines is 3. The van der Waals surface area contributed by atoms with E-state index < -0.39 is 0 Å². The molecule has 1 fully saturated rings. The number of carbonyl (C=O) groups excluding carboxylic acids is 1. The van der Waals surface area contributed by atoms with E-state index in [2.05, 4.69) is 39.9 Å². The molecule has 1 aliphatic carbocycles. The average molecular weight is 380 g/mol. The van der Waals surface area contributed by atoms with E-state index in [1.807, 2.05) is 31.2 Å². The zero-order valence-corrected chi connectivity index (χ0v) is 16.7. The van der Waals surface area contributed by atoms with E-state index in [-0.39, 0.29) is 5.91 Å². The minimum atomic E-state index is -0.125. The molecule has 2 aromatic rings. The minimum absolute atomic E-state index is 0.125. The number of carbonyl (C=O) groups is 1. The van der Waals surface area contributed by atoms with Crippen molar-refractivity contribution in [2.24, 2.45) is 0 Å². The third-order valence-corrected chi connectivity index (χ3v) is 5.62. The summed E-state index contributed by atoms with van der Waals surface area (Å²) < 4.78 is 0. The standard InChI is InChI=1S/C21H28N6O/c1-13-7-6-8-14(11-13)23-19-18-16(12-22-20(18)28)25-21(26-19)24-15-9-4-5-10-17(15)27(2)3/h6-8,11,15,17H,4-5,9-10,12H2,1-3H3,(H,22,28)(H2,23,24,25,26). The number of likely N-dealkylation sites (N-methyl/N-ethyl adjacent to an activating group) is 1. The lowest BCUT2D eigenvalue weighted by Gasteiger charge is -2.36. The Morgan fingerprint density at radius 2 is 2.00 bits per heavy atom. The number of fused-ring (bicyclic) bond motifs is 1. The fraction of sp³-hybridized carbons (Fsp3) is 0.476. The van der Waals surface area contributed by atoms with E-state index in [0.29, 0.717) is 36.0 Å². The highest BCUT2D eigenvalue weighted by Gasteiger charge is 2.30. The van der Waals surface area contributed by atoms with Crippen molar-refractivity contribution in [3.8, 4) is 0 Å². The van der Waals surface area contributed by atoms with E-state index in [4.69, 9.17) is 4.98 Å². The van der Waals surface area contributed by atoms with Crippen LogP contribution in [0.5, 0.6) is 0 Å². The number of aromatic nitrogens is 2. The van der Waals surface area contributed by atoms with Gasteiger partial charge in [0.25, 0.3) is 5.91 Å². The summed E-state index contributed by atoms with van der Waals surface area (Å²) >= 11 is 0. The van der Waals surface area contributed by atoms with Crippen LogP contribution in [0.25, 0.3) is 0 Å². The fourth-order valence-corrected chi connectivity index (χ4v) is 4.20. The number of amides is 1. The van der Waals surface area contributed by atoms with Crippen molar-refractivity contribution in [2.75, 3.05) is 24.7 Å². The summed E-state index contributed by atoms with van der Waals surface area (Å²) in [6, 6.07) is 8.81. The molecule has 0 saturated heterocycles. The van der Waals surface area contributed by atoms with Crippen LogP contribution in [0.3, 0.4) is 0 Å². The van der Waals surface area contributed by atoms with Gasteiger partial charge in [-0.15, -0.1) is 0 Å². The van der Waals surface area contributed by atoms with Gasteiger partial charge in [0.05, 0.1) is 12.2 Å². The van der Waals surface area contributed by atoms with Gasteiger partial charge in [0.15, 0.2) is 0 Å². The third-order valence-electron chi connectivity index (χ3n) is 5.62. The summed E-state index contributed by atoms with van der Waals surface area (Å²) in [4.78, 5) is 23.9. The maximum Gasteiger partial charge on any atom is 0.257 e. The van der Waals surface area contributed by atoms with Gasteiger partial charge in [0.2, 0.25) is 5.95 Å². The molecule has 7 heteroatoms. The highest BCUT2D eigenvalue weighted by molar-refractivity contribution is 6.02. The lowest BCUT2D eigenvalue weighted by Crippen LogP contribution is -2.45. The predicted octanol–water partition coefficient (Wildman–Crippen LogP) is 3.06. The Labute approximate surface area is 166 Å². The molecule has 1 aromatic heterocycles. The summed E-state index contributed by atoms with van der Waals surface area (Å²) in [5.41, 5.74) is 3.35. The molecule has 7 nitrogen and oxygen atoms in total. The molecule has 2 unspecified atom stereocenters. The largest absolute Gasteiger partial charge is 0.350 e. The molecule has 1 amide bonds. The Morgan fingerprint density at radius 3 is 2.79 bits per heavy atom. The molecular formula is C21H28N6O. The van der Waals surface area contributed by atoms with E-state index in [9.17, 15) is 4.79 Å². The van der Waals surface area contributed by atoms with Crippen LogP contribution >= 0.6 is 0 Å². The van der Waals surface area contributed by atoms with Gasteiger partial charge in [-0.05, 0) is 51.6 Å². The van der Waals surface area contributed by atoms with Gasteiger partial charge in [-0.3, -0.25) is 4.79 Å². The van der Waals surface area contributed by atoms with Gasteiger partial charge < -0.3 is 20.9 Å². The number of hydrogen-bond donors (Lipinski definition) is 3. The summed E-state index contributed by atoms with van der Waals surface area (Å²) in [5.74, 6) is 1.02. The molecular weight excluding hydrogens is 352 g/mol. The second-order valence-corrected chi connectivity index (χ2v) is 7.96. The highest BCUT2D eigenvalue weighted by Crippen LogP contribution is 2.29. The Kier molecular flexibility index (Phi) is 5.17. The van der Waals surface area contributed by atoms with E-state index in [0.717, 1.165) is 23.4 Å². The predicted molar refractivity (Wildman–Crippen MR) is 111 cm³/mol. The molecule has 0 radical (unpaired) electrons. The zero-order valence-electron chi connectivity index (χ0n) is 16.7. The van der Waals surface area contributed by atoms with Crippen LogP contribution in [-0.2, 0) is 6.54 Å². The van der Waals surface area contributed by atoms with Crippen molar-refractivity contribution >= 4 is 23.4 Å². The fourth-order valence-electron chi connectivity index (χ4n) is 4.20. The number of nitrogens with one attached hydrogen (secondary N) is 3. The Hall–Kier alpha value is -2.67. The molecule has 2 aliphatic rings. The van der Waals surface area contributed by atoms with Gasteiger partial charge in [-0.1, -0.05) is 25.0 Å². The van der Waals surface area contributed by atoms with Gasteiger partial charge in [0.1, 0.15) is 11.4 Å². The first-order chi connectivity index (χ1) is 13.5. The van der Waals surface area contributed by atoms with Crippen LogP contribution in [0.15, 0.2) is 24.3 Å². The van der Waals surface area contributed by atoms with Crippen molar-refractivity contribution in [3.05, 3.63) is 41.1 Å². The highest BCUT2D eigenvalue weighted by atomic mass is 16.2. The van der Waals surface area contributed by atoms with E-state index >= 15 is 0 Å². The second kappa shape index (κ2) is 7.75. The monoisotopic (exact) mass is 380 g/mol. The number of benzene rings is 1. The molecule has 0 spiro atoms. The van der Waals surface area contributed by atoms with Gasteiger partial charge in [0, 0.05) is 17.8 Å². The van der Waals surface area contributed by atoms with Crippen LogP contribution < -0.4 is 16.0 Å². The Balaban J connectivity index is 1.65. The van der Waals surface area contributed by atoms with Crippen molar-refractivity contribution < 1.29 is 4.79 Å². The van der Waals surface area contributed by atoms with Crippen LogP contribution in [0, 0.1) is 6.92 Å². The quantitative estimate of drug-likeness (QED) is 0.740. The molecule has 0 bridgehead atoms. The topological polar surface area (TPSA) is 82.2 Å². The molecule has 2 heterocycles. The number of aryl methyl sites for hydroxylation is 1. The summed E-state index contributed by atoms with van der Waals surface area (Å²) in [6.07, 6.45) is 4.73. The van der Waals surface area contributed by atoms with Gasteiger partial charge in [-0.25, -0.2) is 4.98 Å². The molecule has 148 valence electrons. The minimum Gasteiger partial charge on any atom is -0.350 e. The van der Waals surface area contributed by atoms with E-state index in [1.54, 1.807) is 0 Å². The average Bonchev–Trinajstić information content (AvgIpc) is 3.03. The second-order valence-electron chi connectivity index (χ2n) is 7.96. The van der Waals surface area contributed by atoms with E-state index in [1.165, 1.54) is 19.3 Å². The third kappa shape index (κ3) is 3.80. The first-order valence-electron chi connectivity index (χ1n) is 9.97. The van der Waals surface area contributed by atoms with Crippen LogP contribution in [0.4, 0.5) is 17.5 Å². The number of hydrogen-bond acceptors (Lipinski definition) is 6. The number of rotatable bonds is 5. The molecule has 1 aromatic carbocycles. The summed E-state index contributed by atoms with van der Waals surface area (Å²) in [6.45, 7) is 2.48. The number of nitrogens with zero attached hydrogens (tertiary/aromatic N) is 3. The SMILES string of the molecule is Cc1cccc(Nc2nc(NC3CCCCC3N(C)C)nc3c2C(=O)NC3)c1. The Bertz CT molecular complexity index is 881.